The van der Waals surface area contributed by atoms with Gasteiger partial charge in [0, 0.05) is 17.6 Å². The molecule has 0 N–H and O–H groups in total. The standard InChI is InChI=1S/C18H17N5O3S/c1-10(2)23-15-12(9-20-23)7-13(8-19-15)18(24)25-11(3)16-21-22-17(26-16)14-5-4-6-27-14/h4-11H,1-3H3. The van der Waals surface area contributed by atoms with E-state index in [9.17, 15) is 4.79 Å². The van der Waals surface area contributed by atoms with Gasteiger partial charge in [-0.25, -0.2) is 14.5 Å². The number of ether oxygens (including phenoxy) is 1. The molecule has 0 amide bonds. The minimum Gasteiger partial charge on any atom is -0.449 e. The second-order valence-corrected chi connectivity index (χ2v) is 7.24. The number of rotatable bonds is 5. The molecule has 9 heteroatoms. The van der Waals surface area contributed by atoms with Gasteiger partial charge in [-0.05, 0) is 38.3 Å². The summed E-state index contributed by atoms with van der Waals surface area (Å²) in [5.41, 5.74) is 1.07. The van der Waals surface area contributed by atoms with Crippen molar-refractivity contribution in [1.82, 2.24) is 25.0 Å². The van der Waals surface area contributed by atoms with Gasteiger partial charge in [-0.2, -0.15) is 5.10 Å². The lowest BCUT2D eigenvalue weighted by Crippen LogP contribution is -2.10. The number of hydrogen-bond acceptors (Lipinski definition) is 8. The van der Waals surface area contributed by atoms with Crippen molar-refractivity contribution in [2.24, 2.45) is 0 Å². The van der Waals surface area contributed by atoms with Gasteiger partial charge < -0.3 is 9.15 Å². The summed E-state index contributed by atoms with van der Waals surface area (Å²) in [5.74, 6) is 0.144. The highest BCUT2D eigenvalue weighted by atomic mass is 32.1. The van der Waals surface area contributed by atoms with Crippen LogP contribution in [0.25, 0.3) is 21.8 Å². The van der Waals surface area contributed by atoms with Gasteiger partial charge in [0.2, 0.25) is 0 Å². The fourth-order valence-electron chi connectivity index (χ4n) is 2.61. The van der Waals surface area contributed by atoms with Gasteiger partial charge in [0.05, 0.1) is 16.6 Å². The molecule has 4 heterocycles. The van der Waals surface area contributed by atoms with Crippen LogP contribution in [0, 0.1) is 0 Å². The molecule has 0 aliphatic rings. The Morgan fingerprint density at radius 2 is 2.11 bits per heavy atom. The average molecular weight is 383 g/mol. The molecule has 0 spiro atoms. The van der Waals surface area contributed by atoms with Crippen LogP contribution in [-0.4, -0.2) is 30.9 Å². The number of thiophene rings is 1. The highest BCUT2D eigenvalue weighted by Gasteiger charge is 2.21. The van der Waals surface area contributed by atoms with Gasteiger partial charge in [0.1, 0.15) is 0 Å². The molecule has 0 aromatic carbocycles. The Balaban J connectivity index is 1.51. The summed E-state index contributed by atoms with van der Waals surface area (Å²) in [6, 6.07) is 5.69. The van der Waals surface area contributed by atoms with E-state index in [2.05, 4.69) is 20.3 Å². The average Bonchev–Trinajstić information content (AvgIpc) is 3.39. The van der Waals surface area contributed by atoms with Crippen molar-refractivity contribution in [2.75, 3.05) is 0 Å². The lowest BCUT2D eigenvalue weighted by atomic mass is 10.2. The lowest BCUT2D eigenvalue weighted by Gasteiger charge is -2.09. The van der Waals surface area contributed by atoms with Crippen LogP contribution in [0.3, 0.4) is 0 Å². The van der Waals surface area contributed by atoms with Crippen LogP contribution < -0.4 is 0 Å². The minimum absolute atomic E-state index is 0.183. The van der Waals surface area contributed by atoms with Gasteiger partial charge in [-0.3, -0.25) is 0 Å². The molecule has 4 rings (SSSR count). The molecule has 138 valence electrons. The fourth-order valence-corrected chi connectivity index (χ4v) is 3.25. The molecule has 0 aliphatic heterocycles. The van der Waals surface area contributed by atoms with Crippen LogP contribution in [0.5, 0.6) is 0 Å². The van der Waals surface area contributed by atoms with Crippen molar-refractivity contribution >= 4 is 28.3 Å². The van der Waals surface area contributed by atoms with Gasteiger partial charge in [-0.15, -0.1) is 21.5 Å². The minimum atomic E-state index is -0.673. The largest absolute Gasteiger partial charge is 0.449 e. The number of esters is 1. The molecule has 0 saturated carbocycles. The van der Waals surface area contributed by atoms with E-state index in [4.69, 9.17) is 9.15 Å². The summed E-state index contributed by atoms with van der Waals surface area (Å²) in [4.78, 5) is 17.7. The van der Waals surface area contributed by atoms with Gasteiger partial charge in [-0.1, -0.05) is 6.07 Å². The van der Waals surface area contributed by atoms with Crippen LogP contribution in [0.15, 0.2) is 40.4 Å². The molecule has 1 unspecified atom stereocenters. The Hall–Kier alpha value is -3.07. The first-order chi connectivity index (χ1) is 13.0. The highest BCUT2D eigenvalue weighted by molar-refractivity contribution is 7.13. The van der Waals surface area contributed by atoms with E-state index < -0.39 is 12.1 Å². The van der Waals surface area contributed by atoms with Gasteiger partial charge >= 0.3 is 5.97 Å². The van der Waals surface area contributed by atoms with Crippen molar-refractivity contribution < 1.29 is 13.9 Å². The summed E-state index contributed by atoms with van der Waals surface area (Å²) in [6.45, 7) is 5.73. The first-order valence-electron chi connectivity index (χ1n) is 8.44. The first-order valence-corrected chi connectivity index (χ1v) is 9.32. The van der Waals surface area contributed by atoms with Crippen molar-refractivity contribution in [2.45, 2.75) is 32.9 Å². The number of carbonyl (C=O) groups is 1. The Morgan fingerprint density at radius 1 is 1.26 bits per heavy atom. The normalized spacial score (nSPS) is 12.6. The van der Waals surface area contributed by atoms with Crippen LogP contribution in [0.2, 0.25) is 0 Å². The molecule has 8 nitrogen and oxygen atoms in total. The molecule has 0 aliphatic carbocycles. The molecule has 0 bridgehead atoms. The summed E-state index contributed by atoms with van der Waals surface area (Å²) >= 11 is 1.50. The highest BCUT2D eigenvalue weighted by Crippen LogP contribution is 2.26. The molecule has 4 aromatic heterocycles. The molecule has 4 aromatic rings. The van der Waals surface area contributed by atoms with E-state index in [1.807, 2.05) is 31.4 Å². The van der Waals surface area contributed by atoms with E-state index in [0.29, 0.717) is 11.5 Å². The molecular weight excluding hydrogens is 366 g/mol. The number of hydrogen-bond donors (Lipinski definition) is 0. The summed E-state index contributed by atoms with van der Waals surface area (Å²) < 4.78 is 12.9. The molecule has 27 heavy (non-hydrogen) atoms. The third-order valence-electron chi connectivity index (χ3n) is 3.96. The van der Waals surface area contributed by atoms with Crippen LogP contribution in [0.1, 0.15) is 49.2 Å². The van der Waals surface area contributed by atoms with Crippen molar-refractivity contribution in [3.63, 3.8) is 0 Å². The van der Waals surface area contributed by atoms with E-state index in [1.165, 1.54) is 17.5 Å². The smallest absolute Gasteiger partial charge is 0.340 e. The predicted octanol–water partition coefficient (Wildman–Crippen LogP) is 4.04. The quantitative estimate of drug-likeness (QED) is 0.480. The Morgan fingerprint density at radius 3 is 2.85 bits per heavy atom. The van der Waals surface area contributed by atoms with E-state index in [1.54, 1.807) is 23.9 Å². The molecule has 0 fully saturated rings. The van der Waals surface area contributed by atoms with Crippen LogP contribution >= 0.6 is 11.3 Å². The predicted molar refractivity (Wildman–Crippen MR) is 99.4 cm³/mol. The Kier molecular flexibility index (Phi) is 4.44. The number of carbonyl (C=O) groups excluding carboxylic acids is 1. The molecule has 0 radical (unpaired) electrons. The van der Waals surface area contributed by atoms with Gasteiger partial charge in [0.25, 0.3) is 11.8 Å². The second-order valence-electron chi connectivity index (χ2n) is 6.29. The van der Waals surface area contributed by atoms with Gasteiger partial charge in [0.15, 0.2) is 11.8 Å². The zero-order valence-corrected chi connectivity index (χ0v) is 15.8. The van der Waals surface area contributed by atoms with Crippen molar-refractivity contribution in [3.8, 4) is 10.8 Å². The Labute approximate surface area is 158 Å². The van der Waals surface area contributed by atoms with E-state index >= 15 is 0 Å². The zero-order chi connectivity index (χ0) is 19.0. The first kappa shape index (κ1) is 17.3. The topological polar surface area (TPSA) is 95.9 Å². The SMILES string of the molecule is CC(OC(=O)c1cnc2c(cnn2C(C)C)c1)c1nnc(-c2cccs2)o1. The Bertz CT molecular complexity index is 1080. The number of pyridine rings is 1. The monoisotopic (exact) mass is 383 g/mol. The maximum Gasteiger partial charge on any atom is 0.340 e. The molecular formula is C18H17N5O3S. The molecule has 0 saturated heterocycles. The lowest BCUT2D eigenvalue weighted by molar-refractivity contribution is 0.0279. The van der Waals surface area contributed by atoms with Crippen molar-refractivity contribution in [3.05, 3.63) is 47.4 Å². The number of nitrogens with zero attached hydrogens (tertiary/aromatic N) is 5. The maximum absolute atomic E-state index is 12.5. The third-order valence-corrected chi connectivity index (χ3v) is 4.82. The summed E-state index contributed by atoms with van der Waals surface area (Å²) in [6.07, 6.45) is 2.50. The molecule has 1 atom stereocenters. The third kappa shape index (κ3) is 3.33. The van der Waals surface area contributed by atoms with Crippen molar-refractivity contribution in [1.29, 1.82) is 0 Å². The summed E-state index contributed by atoms with van der Waals surface area (Å²) in [5, 5.41) is 15.0. The zero-order valence-electron chi connectivity index (χ0n) is 15.0. The maximum atomic E-state index is 12.5. The van der Waals surface area contributed by atoms with Crippen LogP contribution in [-0.2, 0) is 4.74 Å². The summed E-state index contributed by atoms with van der Waals surface area (Å²) in [7, 11) is 0. The second kappa shape index (κ2) is 6.92. The van der Waals surface area contributed by atoms with Crippen LogP contribution in [0.4, 0.5) is 0 Å². The number of aromatic nitrogens is 5. The number of fused-ring (bicyclic) bond motifs is 1. The van der Waals surface area contributed by atoms with E-state index in [0.717, 1.165) is 15.9 Å². The van der Waals surface area contributed by atoms with E-state index in [-0.39, 0.29) is 11.9 Å². The fraction of sp³-hybridized carbons (Fsp3) is 0.278.